The number of pyridine rings is 1. The number of aryl methyl sites for hydroxylation is 2. The Bertz CT molecular complexity index is 2130. The van der Waals surface area contributed by atoms with E-state index in [0.29, 0.717) is 45.0 Å². The quantitative estimate of drug-likeness (QED) is 0.145. The minimum atomic E-state index is -0.615. The third kappa shape index (κ3) is 6.97. The number of aromatic nitrogens is 1. The van der Waals surface area contributed by atoms with Gasteiger partial charge in [-0.2, -0.15) is 0 Å². The average Bonchev–Trinajstić information content (AvgIpc) is 3.45. The zero-order valence-electron chi connectivity index (χ0n) is 28.7. The summed E-state index contributed by atoms with van der Waals surface area (Å²) in [6.45, 7) is 5.25. The van der Waals surface area contributed by atoms with Crippen molar-refractivity contribution in [1.82, 2.24) is 4.98 Å². The Morgan fingerprint density at radius 1 is 0.880 bits per heavy atom. The molecule has 10 heteroatoms. The number of fused-ring (bicyclic) bond motifs is 2. The Morgan fingerprint density at radius 3 is 2.36 bits per heavy atom. The summed E-state index contributed by atoms with van der Waals surface area (Å²) in [5.41, 5.74) is 7.38. The Kier molecular flexibility index (Phi) is 10.3. The number of anilines is 1. The largest absolute Gasteiger partial charge is 0.493 e. The Hall–Kier alpha value is -5.48. The lowest BCUT2D eigenvalue weighted by molar-refractivity contribution is -0.119. The van der Waals surface area contributed by atoms with E-state index in [0.717, 1.165) is 51.2 Å². The SMILES string of the molecule is CCOC(=O)c1c(NC(=O)COC(=O)c2c3c(nc4ccccc24)/C(=C/c2ccc(OC)c(OC)c2)CCC3)sc(C)c1-c1ccc(C)cc1. The third-order valence-corrected chi connectivity index (χ3v) is 9.63. The molecule has 0 saturated heterocycles. The number of benzene rings is 3. The van der Waals surface area contributed by atoms with Gasteiger partial charge in [-0.25, -0.2) is 14.6 Å². The molecule has 1 aliphatic carbocycles. The molecule has 0 fully saturated rings. The highest BCUT2D eigenvalue weighted by Crippen LogP contribution is 2.41. The first kappa shape index (κ1) is 34.4. The normalized spacial score (nSPS) is 13.1. The van der Waals surface area contributed by atoms with Gasteiger partial charge in [0.25, 0.3) is 5.91 Å². The van der Waals surface area contributed by atoms with Gasteiger partial charge in [-0.3, -0.25) is 4.79 Å². The molecule has 256 valence electrons. The number of carbonyl (C=O) groups is 3. The predicted octanol–water partition coefficient (Wildman–Crippen LogP) is 8.45. The van der Waals surface area contributed by atoms with Crippen LogP contribution in [0.5, 0.6) is 11.5 Å². The third-order valence-electron chi connectivity index (χ3n) is 8.61. The number of allylic oxidation sites excluding steroid dienone is 1. The van der Waals surface area contributed by atoms with Crippen LogP contribution in [0, 0.1) is 13.8 Å². The van der Waals surface area contributed by atoms with Gasteiger partial charge in [0, 0.05) is 15.8 Å². The van der Waals surface area contributed by atoms with Crippen LogP contribution < -0.4 is 14.8 Å². The van der Waals surface area contributed by atoms with E-state index in [1.54, 1.807) is 21.1 Å². The Balaban J connectivity index is 1.28. The lowest BCUT2D eigenvalue weighted by Gasteiger charge is -2.22. The molecular weight excluding hydrogens is 653 g/mol. The molecule has 0 aliphatic heterocycles. The number of rotatable bonds is 10. The van der Waals surface area contributed by atoms with Crippen LogP contribution in [0.3, 0.4) is 0 Å². The molecule has 3 aromatic carbocycles. The van der Waals surface area contributed by atoms with E-state index in [4.69, 9.17) is 23.9 Å². The first-order valence-electron chi connectivity index (χ1n) is 16.4. The number of ether oxygens (including phenoxy) is 4. The van der Waals surface area contributed by atoms with Gasteiger partial charge in [-0.15, -0.1) is 11.3 Å². The zero-order valence-corrected chi connectivity index (χ0v) is 29.5. The maximum Gasteiger partial charge on any atom is 0.341 e. The number of methoxy groups -OCH3 is 2. The van der Waals surface area contributed by atoms with Crippen LogP contribution in [0.25, 0.3) is 33.7 Å². The van der Waals surface area contributed by atoms with Crippen molar-refractivity contribution < 1.29 is 33.3 Å². The molecule has 9 nitrogen and oxygen atoms in total. The van der Waals surface area contributed by atoms with Crippen molar-refractivity contribution >= 4 is 56.7 Å². The highest BCUT2D eigenvalue weighted by molar-refractivity contribution is 7.17. The van der Waals surface area contributed by atoms with E-state index in [9.17, 15) is 14.4 Å². The maximum atomic E-state index is 13.9. The second kappa shape index (κ2) is 15.0. The molecule has 0 bridgehead atoms. The van der Waals surface area contributed by atoms with Crippen LogP contribution in [0.4, 0.5) is 5.00 Å². The molecule has 2 heterocycles. The van der Waals surface area contributed by atoms with Crippen molar-refractivity contribution in [3.63, 3.8) is 0 Å². The average molecular weight is 691 g/mol. The predicted molar refractivity (Wildman–Crippen MR) is 196 cm³/mol. The summed E-state index contributed by atoms with van der Waals surface area (Å²) < 4.78 is 22.0. The van der Waals surface area contributed by atoms with E-state index in [-0.39, 0.29) is 12.2 Å². The highest BCUT2D eigenvalue weighted by atomic mass is 32.1. The smallest absolute Gasteiger partial charge is 0.341 e. The van der Waals surface area contributed by atoms with Crippen molar-refractivity contribution in [2.45, 2.75) is 40.0 Å². The van der Waals surface area contributed by atoms with E-state index in [1.165, 1.54) is 11.3 Å². The molecule has 50 heavy (non-hydrogen) atoms. The molecule has 2 aromatic heterocycles. The number of amides is 1. The summed E-state index contributed by atoms with van der Waals surface area (Å²) in [5, 5.41) is 3.81. The van der Waals surface area contributed by atoms with Crippen LogP contribution in [-0.2, 0) is 20.7 Å². The van der Waals surface area contributed by atoms with Crippen LogP contribution in [0.2, 0.25) is 0 Å². The molecule has 0 unspecified atom stereocenters. The number of esters is 2. The molecule has 0 atom stereocenters. The number of para-hydroxylation sites is 1. The van der Waals surface area contributed by atoms with Crippen molar-refractivity contribution in [2.75, 3.05) is 32.8 Å². The minimum Gasteiger partial charge on any atom is -0.493 e. The lowest BCUT2D eigenvalue weighted by Crippen LogP contribution is -2.23. The molecule has 1 amide bonds. The molecule has 6 rings (SSSR count). The number of hydrogen-bond acceptors (Lipinski definition) is 9. The fourth-order valence-corrected chi connectivity index (χ4v) is 7.40. The monoisotopic (exact) mass is 690 g/mol. The van der Waals surface area contributed by atoms with Crippen LogP contribution >= 0.6 is 11.3 Å². The summed E-state index contributed by atoms with van der Waals surface area (Å²) in [7, 11) is 3.19. The molecule has 0 radical (unpaired) electrons. The number of nitrogens with zero attached hydrogens (tertiary/aromatic N) is 1. The molecule has 0 saturated carbocycles. The zero-order chi connectivity index (χ0) is 35.4. The second-order valence-corrected chi connectivity index (χ2v) is 13.1. The van der Waals surface area contributed by atoms with Gasteiger partial charge < -0.3 is 24.3 Å². The van der Waals surface area contributed by atoms with Gasteiger partial charge in [0.2, 0.25) is 0 Å². The molecule has 0 spiro atoms. The summed E-state index contributed by atoms with van der Waals surface area (Å²) >= 11 is 1.28. The number of hydrogen-bond donors (Lipinski definition) is 1. The molecule has 1 N–H and O–H groups in total. The first-order chi connectivity index (χ1) is 24.2. The summed E-state index contributed by atoms with van der Waals surface area (Å²) in [6, 6.07) is 21.0. The molecule has 5 aromatic rings. The number of nitrogens with one attached hydrogen (secondary N) is 1. The topological polar surface area (TPSA) is 113 Å². The highest BCUT2D eigenvalue weighted by Gasteiger charge is 2.28. The second-order valence-electron chi connectivity index (χ2n) is 11.9. The van der Waals surface area contributed by atoms with Crippen molar-refractivity contribution in [2.24, 2.45) is 0 Å². The van der Waals surface area contributed by atoms with Gasteiger partial charge in [0.1, 0.15) is 10.6 Å². The minimum absolute atomic E-state index is 0.182. The van der Waals surface area contributed by atoms with E-state index in [2.05, 4.69) is 11.4 Å². The van der Waals surface area contributed by atoms with Gasteiger partial charge in [-0.1, -0.05) is 54.1 Å². The maximum absolute atomic E-state index is 13.9. The molecule has 1 aliphatic rings. The lowest BCUT2D eigenvalue weighted by atomic mass is 9.86. The van der Waals surface area contributed by atoms with Gasteiger partial charge in [0.15, 0.2) is 18.1 Å². The molecular formula is C40H38N2O7S. The van der Waals surface area contributed by atoms with Crippen molar-refractivity contribution in [3.8, 4) is 22.6 Å². The number of carbonyl (C=O) groups excluding carboxylic acids is 3. The van der Waals surface area contributed by atoms with Gasteiger partial charge in [-0.05, 0) is 86.6 Å². The Labute approximate surface area is 294 Å². The standard InChI is InChI=1S/C40H38N2O7S/c1-6-48-40(45)36-34(26-17-14-23(2)15-18-26)24(3)50-38(36)42-33(43)22-49-39(44)35-28-11-7-8-13-30(28)41-37-27(10-9-12-29(35)37)20-25-16-19-31(46-4)32(21-25)47-5/h7-8,11,13-21H,6,9-10,12,22H2,1-5H3,(H,42,43)/b27-20+. The summed E-state index contributed by atoms with van der Waals surface area (Å²) in [4.78, 5) is 46.2. The van der Waals surface area contributed by atoms with E-state index >= 15 is 0 Å². The number of thiophene rings is 1. The fourth-order valence-electron chi connectivity index (χ4n) is 6.32. The Morgan fingerprint density at radius 2 is 1.62 bits per heavy atom. The van der Waals surface area contributed by atoms with Crippen LogP contribution in [0.1, 0.15) is 67.7 Å². The van der Waals surface area contributed by atoms with Crippen LogP contribution in [0.15, 0.2) is 66.7 Å². The van der Waals surface area contributed by atoms with Crippen molar-refractivity contribution in [1.29, 1.82) is 0 Å². The van der Waals surface area contributed by atoms with Crippen molar-refractivity contribution in [3.05, 3.63) is 105 Å². The summed E-state index contributed by atoms with van der Waals surface area (Å²) in [6.07, 6.45) is 4.27. The van der Waals surface area contributed by atoms with Gasteiger partial charge in [0.05, 0.1) is 37.6 Å². The van der Waals surface area contributed by atoms with Crippen LogP contribution in [-0.4, -0.2) is 50.3 Å². The van der Waals surface area contributed by atoms with Gasteiger partial charge >= 0.3 is 11.9 Å². The van der Waals surface area contributed by atoms with E-state index < -0.39 is 24.5 Å². The van der Waals surface area contributed by atoms with E-state index in [1.807, 2.05) is 80.6 Å². The fraction of sp³-hybridized carbons (Fsp3) is 0.250. The summed E-state index contributed by atoms with van der Waals surface area (Å²) in [5.74, 6) is -0.468. The first-order valence-corrected chi connectivity index (χ1v) is 17.2.